The van der Waals surface area contributed by atoms with Crippen LogP contribution in [0.1, 0.15) is 0 Å². The molecular formula is C8H11Cl2N3. The molecule has 0 aliphatic heterocycles. The highest BCUT2D eigenvalue weighted by molar-refractivity contribution is 5.85. The van der Waals surface area contributed by atoms with E-state index in [9.17, 15) is 0 Å². The summed E-state index contributed by atoms with van der Waals surface area (Å²) in [6, 6.07) is 5.70. The van der Waals surface area contributed by atoms with Gasteiger partial charge in [0.05, 0.1) is 17.4 Å². The molecule has 2 aromatic rings. The molecule has 0 unspecified atom stereocenters. The van der Waals surface area contributed by atoms with Gasteiger partial charge in [0.2, 0.25) is 0 Å². The first-order valence-corrected chi connectivity index (χ1v) is 3.44. The average molecular weight is 220 g/mol. The zero-order valence-corrected chi connectivity index (χ0v) is 8.73. The number of rotatable bonds is 0. The number of imidazole rings is 1. The summed E-state index contributed by atoms with van der Waals surface area (Å²) >= 11 is 0. The van der Waals surface area contributed by atoms with Gasteiger partial charge >= 0.3 is 0 Å². The Kier molecular flexibility index (Phi) is 4.04. The second-order valence-electron chi connectivity index (χ2n) is 2.60. The number of aryl methyl sites for hydroxylation is 1. The minimum atomic E-state index is 0. The molecule has 0 spiro atoms. The topological polar surface area (TPSA) is 43.8 Å². The van der Waals surface area contributed by atoms with Crippen LogP contribution in [0.25, 0.3) is 11.0 Å². The number of halogens is 2. The van der Waals surface area contributed by atoms with Crippen LogP contribution in [0.5, 0.6) is 0 Å². The van der Waals surface area contributed by atoms with E-state index in [2.05, 4.69) is 4.98 Å². The number of anilines is 1. The number of hydrogen-bond acceptors (Lipinski definition) is 2. The summed E-state index contributed by atoms with van der Waals surface area (Å²) in [5.74, 6) is 0. The molecule has 0 saturated heterocycles. The van der Waals surface area contributed by atoms with Gasteiger partial charge in [-0.25, -0.2) is 4.98 Å². The van der Waals surface area contributed by atoms with E-state index in [0.29, 0.717) is 0 Å². The molecule has 0 radical (unpaired) electrons. The molecule has 13 heavy (non-hydrogen) atoms. The Hall–Kier alpha value is -0.930. The van der Waals surface area contributed by atoms with Gasteiger partial charge in [-0.2, -0.15) is 0 Å². The van der Waals surface area contributed by atoms with E-state index >= 15 is 0 Å². The van der Waals surface area contributed by atoms with Crippen LogP contribution in [0.2, 0.25) is 0 Å². The second kappa shape index (κ2) is 4.35. The van der Waals surface area contributed by atoms with E-state index in [4.69, 9.17) is 5.73 Å². The fourth-order valence-electron chi connectivity index (χ4n) is 1.14. The van der Waals surface area contributed by atoms with Crippen molar-refractivity contribution in [2.75, 3.05) is 5.73 Å². The fraction of sp³-hybridized carbons (Fsp3) is 0.125. The largest absolute Gasteiger partial charge is 0.399 e. The molecule has 1 aromatic carbocycles. The van der Waals surface area contributed by atoms with E-state index in [0.717, 1.165) is 16.7 Å². The van der Waals surface area contributed by atoms with Crippen LogP contribution in [0, 0.1) is 0 Å². The molecule has 72 valence electrons. The standard InChI is InChI=1S/C8H9N3.2ClH/c1-11-5-10-7-3-2-6(9)4-8(7)11;;/h2-5H,9H2,1H3;2*1H. The van der Waals surface area contributed by atoms with Crippen LogP contribution < -0.4 is 5.73 Å². The van der Waals surface area contributed by atoms with Gasteiger partial charge < -0.3 is 10.3 Å². The van der Waals surface area contributed by atoms with Gasteiger partial charge in [0.25, 0.3) is 0 Å². The Morgan fingerprint density at radius 3 is 2.69 bits per heavy atom. The maximum absolute atomic E-state index is 5.61. The molecule has 1 aromatic heterocycles. The molecule has 5 heteroatoms. The molecule has 2 rings (SSSR count). The third kappa shape index (κ3) is 2.05. The van der Waals surface area contributed by atoms with Gasteiger partial charge in [0.1, 0.15) is 0 Å². The molecule has 0 aliphatic rings. The summed E-state index contributed by atoms with van der Waals surface area (Å²) in [4.78, 5) is 4.17. The normalized spacial score (nSPS) is 9.00. The summed E-state index contributed by atoms with van der Waals surface area (Å²) in [7, 11) is 1.95. The first-order chi connectivity index (χ1) is 5.27. The van der Waals surface area contributed by atoms with Crippen molar-refractivity contribution >= 4 is 41.5 Å². The van der Waals surface area contributed by atoms with Crippen molar-refractivity contribution in [3.8, 4) is 0 Å². The van der Waals surface area contributed by atoms with Crippen LogP contribution in [0.4, 0.5) is 5.69 Å². The molecule has 0 saturated carbocycles. The molecule has 0 amide bonds. The molecule has 0 aliphatic carbocycles. The molecule has 3 nitrogen and oxygen atoms in total. The summed E-state index contributed by atoms with van der Waals surface area (Å²) in [5.41, 5.74) is 8.45. The number of nitrogens with zero attached hydrogens (tertiary/aromatic N) is 2. The van der Waals surface area contributed by atoms with E-state index in [1.54, 1.807) is 6.33 Å². The number of hydrogen-bond donors (Lipinski definition) is 1. The third-order valence-electron chi connectivity index (χ3n) is 1.75. The van der Waals surface area contributed by atoms with E-state index in [1.165, 1.54) is 0 Å². The highest BCUT2D eigenvalue weighted by Gasteiger charge is 1.97. The number of aromatic nitrogens is 2. The minimum absolute atomic E-state index is 0. The molecule has 1 heterocycles. The molecule has 2 N–H and O–H groups in total. The zero-order chi connectivity index (χ0) is 7.84. The van der Waals surface area contributed by atoms with Gasteiger partial charge in [-0.3, -0.25) is 0 Å². The highest BCUT2D eigenvalue weighted by Crippen LogP contribution is 2.14. The SMILES string of the molecule is Cl.Cl.Cn1cnc2ccc(N)cc21. The number of nitrogen functional groups attached to an aromatic ring is 1. The zero-order valence-electron chi connectivity index (χ0n) is 7.10. The van der Waals surface area contributed by atoms with Crippen molar-refractivity contribution in [1.82, 2.24) is 9.55 Å². The quantitative estimate of drug-likeness (QED) is 0.690. The van der Waals surface area contributed by atoms with Crippen molar-refractivity contribution in [2.45, 2.75) is 0 Å². The Labute approximate surface area is 88.8 Å². The van der Waals surface area contributed by atoms with Crippen LogP contribution in [-0.4, -0.2) is 9.55 Å². The first-order valence-electron chi connectivity index (χ1n) is 3.44. The van der Waals surface area contributed by atoms with Crippen LogP contribution in [0.15, 0.2) is 24.5 Å². The fourth-order valence-corrected chi connectivity index (χ4v) is 1.14. The first kappa shape index (κ1) is 12.1. The van der Waals surface area contributed by atoms with Crippen molar-refractivity contribution in [3.05, 3.63) is 24.5 Å². The Morgan fingerprint density at radius 1 is 1.31 bits per heavy atom. The average Bonchev–Trinajstić information content (AvgIpc) is 2.33. The summed E-state index contributed by atoms with van der Waals surface area (Å²) < 4.78 is 1.95. The van der Waals surface area contributed by atoms with E-state index in [1.807, 2.05) is 29.8 Å². The van der Waals surface area contributed by atoms with Crippen molar-refractivity contribution in [3.63, 3.8) is 0 Å². The summed E-state index contributed by atoms with van der Waals surface area (Å²) in [6.07, 6.45) is 1.78. The summed E-state index contributed by atoms with van der Waals surface area (Å²) in [6.45, 7) is 0. The summed E-state index contributed by atoms with van der Waals surface area (Å²) in [5, 5.41) is 0. The van der Waals surface area contributed by atoms with Gasteiger partial charge in [-0.15, -0.1) is 24.8 Å². The van der Waals surface area contributed by atoms with Gasteiger partial charge in [-0.05, 0) is 18.2 Å². The van der Waals surface area contributed by atoms with Crippen LogP contribution in [0.3, 0.4) is 0 Å². The van der Waals surface area contributed by atoms with Gasteiger partial charge in [0.15, 0.2) is 0 Å². The molecular weight excluding hydrogens is 209 g/mol. The van der Waals surface area contributed by atoms with Gasteiger partial charge in [-0.1, -0.05) is 0 Å². The van der Waals surface area contributed by atoms with Crippen LogP contribution in [-0.2, 0) is 7.05 Å². The Bertz CT molecular complexity index is 397. The lowest BCUT2D eigenvalue weighted by Crippen LogP contribution is -1.87. The predicted molar refractivity (Wildman–Crippen MR) is 59.6 cm³/mol. The smallest absolute Gasteiger partial charge is 0.0955 e. The second-order valence-corrected chi connectivity index (χ2v) is 2.60. The van der Waals surface area contributed by atoms with Crippen LogP contribution >= 0.6 is 24.8 Å². The predicted octanol–water partition coefficient (Wildman–Crippen LogP) is 2.00. The van der Waals surface area contributed by atoms with E-state index < -0.39 is 0 Å². The maximum atomic E-state index is 5.61. The van der Waals surface area contributed by atoms with E-state index in [-0.39, 0.29) is 24.8 Å². The Morgan fingerprint density at radius 2 is 2.00 bits per heavy atom. The van der Waals surface area contributed by atoms with Gasteiger partial charge in [0, 0.05) is 12.7 Å². The number of nitrogens with two attached hydrogens (primary N) is 1. The van der Waals surface area contributed by atoms with Crippen molar-refractivity contribution in [1.29, 1.82) is 0 Å². The minimum Gasteiger partial charge on any atom is -0.399 e. The highest BCUT2D eigenvalue weighted by atomic mass is 35.5. The third-order valence-corrected chi connectivity index (χ3v) is 1.75. The Balaban J connectivity index is 0.000000720. The monoisotopic (exact) mass is 219 g/mol. The van der Waals surface area contributed by atoms with Crippen molar-refractivity contribution < 1.29 is 0 Å². The number of benzene rings is 1. The lowest BCUT2D eigenvalue weighted by molar-refractivity contribution is 0.948. The lowest BCUT2D eigenvalue weighted by Gasteiger charge is -1.94. The van der Waals surface area contributed by atoms with Crippen molar-refractivity contribution in [2.24, 2.45) is 7.05 Å². The molecule has 0 bridgehead atoms. The maximum Gasteiger partial charge on any atom is 0.0955 e. The molecule has 0 atom stereocenters. The lowest BCUT2D eigenvalue weighted by atomic mass is 10.3. The number of fused-ring (bicyclic) bond motifs is 1. The molecule has 0 fully saturated rings.